The van der Waals surface area contributed by atoms with Crippen molar-refractivity contribution in [3.05, 3.63) is 53.2 Å². The van der Waals surface area contributed by atoms with Crippen molar-refractivity contribution in [3.8, 4) is 11.1 Å². The molecule has 0 radical (unpaired) electrons. The van der Waals surface area contributed by atoms with Crippen molar-refractivity contribution in [2.75, 3.05) is 0 Å². The molecule has 0 aliphatic rings. The van der Waals surface area contributed by atoms with Crippen LogP contribution in [0.15, 0.2) is 47.7 Å². The van der Waals surface area contributed by atoms with Gasteiger partial charge in [0.1, 0.15) is 6.33 Å². The highest BCUT2D eigenvalue weighted by atomic mass is 16.1. The molecule has 7 nitrogen and oxygen atoms in total. The van der Waals surface area contributed by atoms with E-state index in [0.29, 0.717) is 23.8 Å². The molecule has 1 aromatic carbocycles. The second kappa shape index (κ2) is 6.08. The first-order valence-corrected chi connectivity index (χ1v) is 8.30. The van der Waals surface area contributed by atoms with Gasteiger partial charge in [-0.15, -0.1) is 10.2 Å². The van der Waals surface area contributed by atoms with Crippen molar-refractivity contribution in [2.24, 2.45) is 5.92 Å². The number of rotatable bonds is 4. The Kier molecular flexibility index (Phi) is 3.76. The van der Waals surface area contributed by atoms with Crippen molar-refractivity contribution in [1.29, 1.82) is 0 Å². The normalized spacial score (nSPS) is 11.6. The summed E-state index contributed by atoms with van der Waals surface area (Å²) in [5.74, 6) is 0.510. The van der Waals surface area contributed by atoms with E-state index in [1.165, 1.54) is 0 Å². The topological polar surface area (TPSA) is 78.0 Å². The second-order valence-electron chi connectivity index (χ2n) is 6.46. The average molecular weight is 334 g/mol. The monoisotopic (exact) mass is 334 g/mol. The Morgan fingerprint density at radius 1 is 1.08 bits per heavy atom. The highest BCUT2D eigenvalue weighted by Gasteiger charge is 2.15. The predicted octanol–water partition coefficient (Wildman–Crippen LogP) is 2.55. The molecule has 3 aromatic heterocycles. The molecule has 0 atom stereocenters. The molecule has 0 saturated heterocycles. The SMILES string of the molecule is CC(C)CCn1cnc2c(nnc3c(-c4ccccc4)cnn32)c1=O. The van der Waals surface area contributed by atoms with E-state index in [2.05, 4.69) is 34.1 Å². The van der Waals surface area contributed by atoms with Crippen molar-refractivity contribution in [1.82, 2.24) is 29.4 Å². The summed E-state index contributed by atoms with van der Waals surface area (Å²) >= 11 is 0. The molecule has 4 rings (SSSR count). The van der Waals surface area contributed by atoms with Crippen LogP contribution >= 0.6 is 0 Å². The Bertz CT molecular complexity index is 1100. The van der Waals surface area contributed by atoms with Gasteiger partial charge in [-0.25, -0.2) is 4.98 Å². The van der Waals surface area contributed by atoms with E-state index in [9.17, 15) is 4.79 Å². The number of hydrogen-bond acceptors (Lipinski definition) is 5. The minimum Gasteiger partial charge on any atom is -0.297 e. The standard InChI is InChI=1S/C18H18N6O/c1-12(2)8-9-23-11-19-17-15(18(23)25)21-22-16-14(10-20-24(16)17)13-6-4-3-5-7-13/h3-7,10-12H,8-9H2,1-2H3. The minimum atomic E-state index is -0.184. The third kappa shape index (κ3) is 2.67. The van der Waals surface area contributed by atoms with E-state index in [1.807, 2.05) is 30.3 Å². The van der Waals surface area contributed by atoms with Crippen LogP contribution in [-0.2, 0) is 6.54 Å². The molecule has 0 spiro atoms. The van der Waals surface area contributed by atoms with Gasteiger partial charge < -0.3 is 0 Å². The van der Waals surface area contributed by atoms with E-state index < -0.39 is 0 Å². The molecule has 7 heteroatoms. The Balaban J connectivity index is 1.87. The van der Waals surface area contributed by atoms with Gasteiger partial charge in [0.25, 0.3) is 5.56 Å². The van der Waals surface area contributed by atoms with Crippen LogP contribution in [0.2, 0.25) is 0 Å². The summed E-state index contributed by atoms with van der Waals surface area (Å²) in [5, 5.41) is 12.8. The van der Waals surface area contributed by atoms with Crippen LogP contribution in [0.5, 0.6) is 0 Å². The lowest BCUT2D eigenvalue weighted by atomic mass is 10.1. The molecule has 0 unspecified atom stereocenters. The van der Waals surface area contributed by atoms with Crippen LogP contribution in [0.4, 0.5) is 0 Å². The van der Waals surface area contributed by atoms with Gasteiger partial charge in [-0.3, -0.25) is 9.36 Å². The van der Waals surface area contributed by atoms with Gasteiger partial charge >= 0.3 is 0 Å². The lowest BCUT2D eigenvalue weighted by Crippen LogP contribution is -2.23. The van der Waals surface area contributed by atoms with E-state index >= 15 is 0 Å². The molecular formula is C18H18N6O. The molecule has 0 fully saturated rings. The van der Waals surface area contributed by atoms with Crippen molar-refractivity contribution in [3.63, 3.8) is 0 Å². The quantitative estimate of drug-likeness (QED) is 0.573. The molecule has 0 aliphatic heterocycles. The second-order valence-corrected chi connectivity index (χ2v) is 6.46. The number of nitrogens with zero attached hydrogens (tertiary/aromatic N) is 6. The molecule has 3 heterocycles. The van der Waals surface area contributed by atoms with Gasteiger partial charge in [0.2, 0.25) is 0 Å². The van der Waals surface area contributed by atoms with E-state index in [-0.39, 0.29) is 11.1 Å². The molecule has 126 valence electrons. The van der Waals surface area contributed by atoms with Crippen LogP contribution in [0.1, 0.15) is 20.3 Å². The van der Waals surface area contributed by atoms with E-state index in [4.69, 9.17) is 0 Å². The van der Waals surface area contributed by atoms with E-state index in [0.717, 1.165) is 17.5 Å². The molecule has 4 aromatic rings. The number of aromatic nitrogens is 6. The first-order valence-electron chi connectivity index (χ1n) is 8.30. The van der Waals surface area contributed by atoms with Crippen LogP contribution < -0.4 is 5.56 Å². The van der Waals surface area contributed by atoms with Crippen LogP contribution in [0.25, 0.3) is 27.9 Å². The Morgan fingerprint density at radius 3 is 2.64 bits per heavy atom. The summed E-state index contributed by atoms with van der Waals surface area (Å²) in [6, 6.07) is 9.84. The molecular weight excluding hydrogens is 316 g/mol. The van der Waals surface area contributed by atoms with Gasteiger partial charge in [-0.2, -0.15) is 9.61 Å². The Labute approximate surface area is 144 Å². The Morgan fingerprint density at radius 2 is 1.88 bits per heavy atom. The average Bonchev–Trinajstić information content (AvgIpc) is 3.06. The molecule has 0 aliphatic carbocycles. The van der Waals surface area contributed by atoms with Gasteiger partial charge in [-0.05, 0) is 17.9 Å². The predicted molar refractivity (Wildman–Crippen MR) is 95.2 cm³/mol. The lowest BCUT2D eigenvalue weighted by molar-refractivity contribution is 0.505. The van der Waals surface area contributed by atoms with Crippen molar-refractivity contribution < 1.29 is 0 Å². The number of hydrogen-bond donors (Lipinski definition) is 0. The first-order chi connectivity index (χ1) is 12.1. The fraction of sp³-hybridized carbons (Fsp3) is 0.278. The largest absolute Gasteiger partial charge is 0.297 e. The lowest BCUT2D eigenvalue weighted by Gasteiger charge is -2.08. The molecule has 0 amide bonds. The zero-order chi connectivity index (χ0) is 17.4. The molecule has 0 bridgehead atoms. The minimum absolute atomic E-state index is 0.184. The zero-order valence-corrected chi connectivity index (χ0v) is 14.1. The summed E-state index contributed by atoms with van der Waals surface area (Å²) < 4.78 is 3.17. The fourth-order valence-electron chi connectivity index (χ4n) is 2.78. The molecule has 0 N–H and O–H groups in total. The summed E-state index contributed by atoms with van der Waals surface area (Å²) in [6.45, 7) is 4.86. The van der Waals surface area contributed by atoms with Gasteiger partial charge in [0, 0.05) is 12.1 Å². The van der Waals surface area contributed by atoms with Crippen molar-refractivity contribution >= 4 is 16.8 Å². The number of fused-ring (bicyclic) bond motifs is 3. The summed E-state index contributed by atoms with van der Waals surface area (Å²) in [6.07, 6.45) is 4.20. The van der Waals surface area contributed by atoms with Gasteiger partial charge in [-0.1, -0.05) is 44.2 Å². The highest BCUT2D eigenvalue weighted by Crippen LogP contribution is 2.23. The van der Waals surface area contributed by atoms with Crippen molar-refractivity contribution in [2.45, 2.75) is 26.8 Å². The van der Waals surface area contributed by atoms with Crippen LogP contribution in [-0.4, -0.2) is 29.4 Å². The highest BCUT2D eigenvalue weighted by molar-refractivity contribution is 5.80. The smallest absolute Gasteiger partial charge is 0.283 e. The Hall–Kier alpha value is -3.09. The third-order valence-corrected chi connectivity index (χ3v) is 4.22. The maximum absolute atomic E-state index is 12.6. The van der Waals surface area contributed by atoms with Gasteiger partial charge in [0.05, 0.1) is 6.20 Å². The third-order valence-electron chi connectivity index (χ3n) is 4.22. The fourth-order valence-corrected chi connectivity index (χ4v) is 2.78. The molecule has 25 heavy (non-hydrogen) atoms. The summed E-state index contributed by atoms with van der Waals surface area (Å²) in [5.41, 5.74) is 2.93. The maximum atomic E-state index is 12.6. The van der Waals surface area contributed by atoms with Gasteiger partial charge in [0.15, 0.2) is 16.8 Å². The van der Waals surface area contributed by atoms with Crippen LogP contribution in [0, 0.1) is 5.92 Å². The van der Waals surface area contributed by atoms with E-state index in [1.54, 1.807) is 21.6 Å². The summed E-state index contributed by atoms with van der Waals surface area (Å²) in [7, 11) is 0. The zero-order valence-electron chi connectivity index (χ0n) is 14.1. The number of aryl methyl sites for hydroxylation is 1. The number of benzene rings is 1. The maximum Gasteiger partial charge on any atom is 0.283 e. The molecule has 0 saturated carbocycles. The van der Waals surface area contributed by atoms with Crippen LogP contribution in [0.3, 0.4) is 0 Å². The first kappa shape index (κ1) is 15.4. The summed E-state index contributed by atoms with van der Waals surface area (Å²) in [4.78, 5) is 17.1.